The molecule has 0 aromatic carbocycles. The first kappa shape index (κ1) is 50.0. The maximum absolute atomic E-state index is 12.8. The third-order valence-electron chi connectivity index (χ3n) is 11.1. The Morgan fingerprint density at radius 2 is 0.836 bits per heavy atom. The van der Waals surface area contributed by atoms with Crippen LogP contribution in [-0.4, -0.2) is 263 Å². The summed E-state index contributed by atoms with van der Waals surface area (Å²) in [5.74, 6) is -1.57. The molecule has 0 spiro atoms. The van der Waals surface area contributed by atoms with Gasteiger partial charge in [-0.1, -0.05) is 0 Å². The van der Waals surface area contributed by atoms with E-state index in [4.69, 9.17) is 42.6 Å². The van der Waals surface area contributed by atoms with Gasteiger partial charge in [0.2, 0.25) is 11.8 Å². The van der Waals surface area contributed by atoms with Crippen molar-refractivity contribution in [1.82, 2.24) is 10.6 Å². The molecule has 0 radical (unpaired) electrons. The Hall–Kier alpha value is -1.98. The fourth-order valence-corrected chi connectivity index (χ4v) is 7.77. The maximum atomic E-state index is 12.8. The standard InChI is InChI=1S/C34H58N2O25/c1-8-17(43)21(47)23(49)32(53-8)58-26-14(7-40)57-31(16(36-10(3)42)28(26)60-33-24(50)22(48)18(44)11(4-37)55-33)61-29-20(46)13(6-39)56-34(25(29)51)59-27-15(35-9(2)41)30(52)54-12(5-38)19(27)45/h8,11-34,37-40,43-52H,4-7H2,1-3H3,(H,35,41)(H,36,42)/t8-,11+,12+,13+,14+,15+,16+,17+,18-,19-,20-,21+,22-,23-,24+,25+,26+,27+,28+,29-,30-,31-,32-,33-,34-/m0/s1. The van der Waals surface area contributed by atoms with Crippen LogP contribution in [0, 0.1) is 0 Å². The second-order valence-electron chi connectivity index (χ2n) is 15.4. The average Bonchev–Trinajstić information content (AvgIpc) is 3.22. The van der Waals surface area contributed by atoms with Crippen molar-refractivity contribution in [1.29, 1.82) is 0 Å². The van der Waals surface area contributed by atoms with Crippen molar-refractivity contribution in [3.63, 3.8) is 0 Å². The summed E-state index contributed by atoms with van der Waals surface area (Å²) in [4.78, 5) is 24.8. The summed E-state index contributed by atoms with van der Waals surface area (Å²) in [6.07, 6.45) is -41.7. The minimum absolute atomic E-state index is 0.724. The van der Waals surface area contributed by atoms with Gasteiger partial charge in [-0.3, -0.25) is 9.59 Å². The SMILES string of the molecule is CC(=O)N[C@@H]1[C@@H](O[C@@H]2O[C@H](CO)[C@H](O)[C@H](O[C@@H]3O[C@H](CO)[C@@H](O[C@@H]4O[C@@H](C)[C@@H](O)[C@@H](O)[C@@H]4O)[C@H](O[C@@H]4O[C@H](CO)[C@H](O)[C@H](O)[C@H]4O)[C@H]3NC(C)=O)[C@H]2O)[C@@H](O)[C@@H](CO)O[C@@H]1O. The summed E-state index contributed by atoms with van der Waals surface area (Å²) in [6.45, 7) is -0.305. The molecule has 0 saturated carbocycles. The summed E-state index contributed by atoms with van der Waals surface area (Å²) >= 11 is 0. The predicted molar refractivity (Wildman–Crippen MR) is 188 cm³/mol. The lowest BCUT2D eigenvalue weighted by atomic mass is 9.93. The van der Waals surface area contributed by atoms with Gasteiger partial charge in [0.25, 0.3) is 0 Å². The number of ether oxygens (including phenoxy) is 9. The van der Waals surface area contributed by atoms with Crippen LogP contribution in [0.4, 0.5) is 0 Å². The second-order valence-corrected chi connectivity index (χ2v) is 15.4. The largest absolute Gasteiger partial charge is 0.394 e. The molecule has 2 amide bonds. The molecule has 27 heteroatoms. The number of aliphatic hydroxyl groups excluding tert-OH is 14. The highest BCUT2D eigenvalue weighted by molar-refractivity contribution is 5.73. The number of hydrogen-bond acceptors (Lipinski definition) is 25. The average molecular weight is 895 g/mol. The third kappa shape index (κ3) is 10.8. The van der Waals surface area contributed by atoms with Crippen molar-refractivity contribution in [3.05, 3.63) is 0 Å². The fourth-order valence-electron chi connectivity index (χ4n) is 7.77. The number of carbonyl (C=O) groups excluding carboxylic acids is 2. The molecular formula is C34H58N2O25. The third-order valence-corrected chi connectivity index (χ3v) is 11.1. The molecule has 5 fully saturated rings. The monoisotopic (exact) mass is 894 g/mol. The molecule has 5 saturated heterocycles. The molecule has 0 aromatic heterocycles. The Morgan fingerprint density at radius 1 is 0.426 bits per heavy atom. The summed E-state index contributed by atoms with van der Waals surface area (Å²) < 4.78 is 51.9. The Kier molecular flexibility index (Phi) is 17.5. The minimum Gasteiger partial charge on any atom is -0.394 e. The van der Waals surface area contributed by atoms with E-state index in [1.165, 1.54) is 6.92 Å². The molecule has 5 aliphatic rings. The highest BCUT2D eigenvalue weighted by atomic mass is 16.8. The van der Waals surface area contributed by atoms with Crippen LogP contribution in [0.1, 0.15) is 20.8 Å². The molecule has 61 heavy (non-hydrogen) atoms. The van der Waals surface area contributed by atoms with Gasteiger partial charge in [-0.15, -0.1) is 0 Å². The van der Waals surface area contributed by atoms with Crippen molar-refractivity contribution in [3.8, 4) is 0 Å². The first-order valence-corrected chi connectivity index (χ1v) is 19.5. The summed E-state index contributed by atoms with van der Waals surface area (Å²) in [6, 6.07) is -3.31. The van der Waals surface area contributed by atoms with Crippen LogP contribution in [0.2, 0.25) is 0 Å². The van der Waals surface area contributed by atoms with Gasteiger partial charge in [-0.05, 0) is 6.92 Å². The van der Waals surface area contributed by atoms with Gasteiger partial charge in [0.1, 0.15) is 116 Å². The smallest absolute Gasteiger partial charge is 0.217 e. The number of hydrogen-bond donors (Lipinski definition) is 16. The van der Waals surface area contributed by atoms with Gasteiger partial charge in [0, 0.05) is 13.8 Å². The van der Waals surface area contributed by atoms with Crippen LogP contribution >= 0.6 is 0 Å². The minimum atomic E-state index is -2.15. The Morgan fingerprint density at radius 3 is 1.39 bits per heavy atom. The molecule has 5 heterocycles. The Balaban J connectivity index is 1.51. The quantitative estimate of drug-likeness (QED) is 0.0770. The Labute approximate surface area is 346 Å². The van der Waals surface area contributed by atoms with Crippen LogP contribution < -0.4 is 10.6 Å². The molecule has 0 aliphatic carbocycles. The number of amides is 2. The van der Waals surface area contributed by atoms with Crippen LogP contribution in [-0.2, 0) is 52.2 Å². The molecule has 27 nitrogen and oxygen atoms in total. The van der Waals surface area contributed by atoms with Crippen molar-refractivity contribution < 1.29 is 124 Å². The van der Waals surface area contributed by atoms with Crippen molar-refractivity contribution in [2.75, 3.05) is 26.4 Å². The lowest BCUT2D eigenvalue weighted by molar-refractivity contribution is -0.389. The van der Waals surface area contributed by atoms with Crippen molar-refractivity contribution >= 4 is 11.8 Å². The van der Waals surface area contributed by atoms with Gasteiger partial charge in [0.05, 0.1) is 32.5 Å². The highest BCUT2D eigenvalue weighted by Gasteiger charge is 2.58. The molecule has 0 unspecified atom stereocenters. The van der Waals surface area contributed by atoms with E-state index in [1.54, 1.807) is 0 Å². The van der Waals surface area contributed by atoms with Crippen LogP contribution in [0.25, 0.3) is 0 Å². The molecule has 5 aliphatic heterocycles. The number of carbonyl (C=O) groups is 2. The number of aliphatic hydroxyl groups is 14. The van der Waals surface area contributed by atoms with Gasteiger partial charge in [0.15, 0.2) is 31.5 Å². The molecule has 5 rings (SSSR count). The summed E-state index contributed by atoms with van der Waals surface area (Å²) in [7, 11) is 0. The normalized spacial score (nSPS) is 49.6. The van der Waals surface area contributed by atoms with Crippen molar-refractivity contribution in [2.24, 2.45) is 0 Å². The zero-order chi connectivity index (χ0) is 45.2. The maximum Gasteiger partial charge on any atom is 0.217 e. The molecule has 0 aromatic rings. The summed E-state index contributed by atoms with van der Waals surface area (Å²) in [5.41, 5.74) is 0. The lowest BCUT2D eigenvalue weighted by Crippen LogP contribution is -2.71. The topological polar surface area (TPSA) is 424 Å². The number of rotatable bonds is 14. The van der Waals surface area contributed by atoms with Crippen LogP contribution in [0.15, 0.2) is 0 Å². The van der Waals surface area contributed by atoms with Gasteiger partial charge in [-0.2, -0.15) is 0 Å². The molecule has 25 atom stereocenters. The first-order chi connectivity index (χ1) is 28.8. The fraction of sp³-hybridized carbons (Fsp3) is 0.941. The Bertz CT molecular complexity index is 1420. The van der Waals surface area contributed by atoms with E-state index in [0.717, 1.165) is 13.8 Å². The zero-order valence-electron chi connectivity index (χ0n) is 33.0. The zero-order valence-corrected chi connectivity index (χ0v) is 33.0. The van der Waals surface area contributed by atoms with E-state index in [0.29, 0.717) is 0 Å². The van der Waals surface area contributed by atoms with Crippen LogP contribution in [0.3, 0.4) is 0 Å². The summed E-state index contributed by atoms with van der Waals surface area (Å²) in [5, 5.41) is 153. The predicted octanol–water partition coefficient (Wildman–Crippen LogP) is -10.6. The van der Waals surface area contributed by atoms with Gasteiger partial charge >= 0.3 is 0 Å². The number of nitrogens with one attached hydrogen (secondary N) is 2. The van der Waals surface area contributed by atoms with E-state index < -0.39 is 192 Å². The molecule has 354 valence electrons. The second kappa shape index (κ2) is 21.3. The lowest BCUT2D eigenvalue weighted by Gasteiger charge is -2.51. The van der Waals surface area contributed by atoms with Crippen molar-refractivity contribution in [2.45, 2.75) is 174 Å². The van der Waals surface area contributed by atoms with E-state index in [9.17, 15) is 81.1 Å². The highest BCUT2D eigenvalue weighted by Crippen LogP contribution is 2.37. The first-order valence-electron chi connectivity index (χ1n) is 19.5. The van der Waals surface area contributed by atoms with E-state index in [-0.39, 0.29) is 0 Å². The van der Waals surface area contributed by atoms with Gasteiger partial charge < -0.3 is 125 Å². The van der Waals surface area contributed by atoms with Gasteiger partial charge in [-0.25, -0.2) is 0 Å². The van der Waals surface area contributed by atoms with Crippen LogP contribution in [0.5, 0.6) is 0 Å². The molecular weight excluding hydrogens is 836 g/mol. The van der Waals surface area contributed by atoms with E-state index >= 15 is 0 Å². The van der Waals surface area contributed by atoms with E-state index in [1.807, 2.05) is 0 Å². The van der Waals surface area contributed by atoms with E-state index in [2.05, 4.69) is 10.6 Å². The molecule has 0 bridgehead atoms. The molecule has 16 N–H and O–H groups in total.